The fourth-order valence-electron chi connectivity index (χ4n) is 1.19. The van der Waals surface area contributed by atoms with Gasteiger partial charge < -0.3 is 9.67 Å². The SMILES string of the molecule is CC(O)c1ccn(CCCC#N)c1. The number of aryl methyl sites for hydroxylation is 1. The minimum Gasteiger partial charge on any atom is -0.389 e. The number of aliphatic hydroxyl groups is 1. The summed E-state index contributed by atoms with van der Waals surface area (Å²) in [6.07, 6.45) is 4.89. The molecule has 0 aromatic carbocycles. The molecule has 3 heteroatoms. The van der Waals surface area contributed by atoms with Crippen molar-refractivity contribution in [1.29, 1.82) is 5.26 Å². The first-order valence-corrected chi connectivity index (χ1v) is 4.44. The molecular weight excluding hydrogens is 164 g/mol. The van der Waals surface area contributed by atoms with Crippen molar-refractivity contribution in [2.45, 2.75) is 32.4 Å². The molecule has 1 aromatic heterocycles. The maximum Gasteiger partial charge on any atom is 0.0776 e. The van der Waals surface area contributed by atoms with E-state index in [0.717, 1.165) is 18.5 Å². The van der Waals surface area contributed by atoms with Crippen molar-refractivity contribution >= 4 is 0 Å². The van der Waals surface area contributed by atoms with Crippen molar-refractivity contribution in [2.75, 3.05) is 0 Å². The number of nitriles is 1. The van der Waals surface area contributed by atoms with Gasteiger partial charge in [-0.3, -0.25) is 0 Å². The van der Waals surface area contributed by atoms with Crippen molar-refractivity contribution in [3.63, 3.8) is 0 Å². The molecular formula is C10H14N2O. The van der Waals surface area contributed by atoms with Gasteiger partial charge in [0.05, 0.1) is 12.2 Å². The summed E-state index contributed by atoms with van der Waals surface area (Å²) < 4.78 is 2.00. The van der Waals surface area contributed by atoms with Crippen LogP contribution < -0.4 is 0 Å². The molecule has 0 fully saturated rings. The van der Waals surface area contributed by atoms with Crippen LogP contribution in [-0.2, 0) is 6.54 Å². The minimum atomic E-state index is -0.405. The van der Waals surface area contributed by atoms with E-state index >= 15 is 0 Å². The van der Waals surface area contributed by atoms with Crippen LogP contribution in [0.1, 0.15) is 31.4 Å². The van der Waals surface area contributed by atoms with Gasteiger partial charge in [-0.2, -0.15) is 5.26 Å². The van der Waals surface area contributed by atoms with E-state index in [2.05, 4.69) is 6.07 Å². The molecule has 1 N–H and O–H groups in total. The summed E-state index contributed by atoms with van der Waals surface area (Å²) in [5.74, 6) is 0. The Morgan fingerprint density at radius 3 is 3.00 bits per heavy atom. The van der Waals surface area contributed by atoms with E-state index in [1.807, 2.05) is 23.0 Å². The summed E-state index contributed by atoms with van der Waals surface area (Å²) in [6, 6.07) is 4.00. The summed E-state index contributed by atoms with van der Waals surface area (Å²) in [5.41, 5.74) is 0.928. The Kier molecular flexibility index (Phi) is 3.53. The topological polar surface area (TPSA) is 49.0 Å². The van der Waals surface area contributed by atoms with E-state index in [-0.39, 0.29) is 0 Å². The molecule has 1 unspecified atom stereocenters. The molecule has 0 radical (unpaired) electrons. The van der Waals surface area contributed by atoms with Crippen LogP contribution in [0.4, 0.5) is 0 Å². The molecule has 3 nitrogen and oxygen atoms in total. The van der Waals surface area contributed by atoms with Gasteiger partial charge in [0.1, 0.15) is 0 Å². The largest absolute Gasteiger partial charge is 0.389 e. The Labute approximate surface area is 78.2 Å². The maximum absolute atomic E-state index is 9.24. The minimum absolute atomic E-state index is 0.405. The molecule has 1 atom stereocenters. The molecule has 70 valence electrons. The third-order valence-corrected chi connectivity index (χ3v) is 1.96. The average Bonchev–Trinajstić information content (AvgIpc) is 2.53. The van der Waals surface area contributed by atoms with Gasteiger partial charge in [0.25, 0.3) is 0 Å². The van der Waals surface area contributed by atoms with Crippen molar-refractivity contribution in [1.82, 2.24) is 4.57 Å². The monoisotopic (exact) mass is 178 g/mol. The smallest absolute Gasteiger partial charge is 0.0776 e. The summed E-state index contributed by atoms with van der Waals surface area (Å²) in [6.45, 7) is 2.59. The highest BCUT2D eigenvalue weighted by atomic mass is 16.3. The van der Waals surface area contributed by atoms with Crippen LogP contribution in [0, 0.1) is 11.3 Å². The van der Waals surface area contributed by atoms with E-state index in [0.29, 0.717) is 6.42 Å². The van der Waals surface area contributed by atoms with Crippen LogP contribution in [0.5, 0.6) is 0 Å². The standard InChI is InChI=1S/C10H14N2O/c1-9(13)10-4-7-12(8-10)6-3-2-5-11/h4,7-9,13H,2-3,6H2,1H3. The quantitative estimate of drug-likeness (QED) is 0.715. The summed E-state index contributed by atoms with van der Waals surface area (Å²) in [5, 5.41) is 17.6. The normalized spacial score (nSPS) is 12.4. The number of hydrogen-bond donors (Lipinski definition) is 1. The highest BCUT2D eigenvalue weighted by Gasteiger charge is 2.01. The zero-order valence-corrected chi connectivity index (χ0v) is 7.77. The number of unbranched alkanes of at least 4 members (excludes halogenated alkanes) is 1. The van der Waals surface area contributed by atoms with E-state index in [4.69, 9.17) is 5.26 Å². The highest BCUT2D eigenvalue weighted by Crippen LogP contribution is 2.12. The second-order valence-corrected chi connectivity index (χ2v) is 3.12. The Morgan fingerprint density at radius 1 is 1.69 bits per heavy atom. The average molecular weight is 178 g/mol. The third-order valence-electron chi connectivity index (χ3n) is 1.96. The van der Waals surface area contributed by atoms with Crippen LogP contribution in [0.3, 0.4) is 0 Å². The lowest BCUT2D eigenvalue weighted by atomic mass is 10.2. The molecule has 1 rings (SSSR count). The van der Waals surface area contributed by atoms with Gasteiger partial charge in [0.15, 0.2) is 0 Å². The zero-order valence-electron chi connectivity index (χ0n) is 7.77. The summed E-state index contributed by atoms with van der Waals surface area (Å²) in [7, 11) is 0. The summed E-state index contributed by atoms with van der Waals surface area (Å²) >= 11 is 0. The number of nitrogens with zero attached hydrogens (tertiary/aromatic N) is 2. The lowest BCUT2D eigenvalue weighted by Crippen LogP contribution is -1.94. The zero-order chi connectivity index (χ0) is 9.68. The number of aromatic nitrogens is 1. The van der Waals surface area contributed by atoms with Crippen LogP contribution >= 0.6 is 0 Å². The van der Waals surface area contributed by atoms with Crippen LogP contribution in [0.25, 0.3) is 0 Å². The lowest BCUT2D eigenvalue weighted by molar-refractivity contribution is 0.199. The Hall–Kier alpha value is -1.27. The number of hydrogen-bond acceptors (Lipinski definition) is 2. The maximum atomic E-state index is 9.24. The Balaban J connectivity index is 2.45. The van der Waals surface area contributed by atoms with Gasteiger partial charge in [0, 0.05) is 25.4 Å². The number of aliphatic hydroxyl groups excluding tert-OH is 1. The van der Waals surface area contributed by atoms with Gasteiger partial charge in [-0.05, 0) is 25.0 Å². The Morgan fingerprint density at radius 2 is 2.46 bits per heavy atom. The van der Waals surface area contributed by atoms with Crippen LogP contribution in [-0.4, -0.2) is 9.67 Å². The molecule has 13 heavy (non-hydrogen) atoms. The van der Waals surface area contributed by atoms with Gasteiger partial charge in [-0.15, -0.1) is 0 Å². The molecule has 0 bridgehead atoms. The third kappa shape index (κ3) is 2.92. The fourth-order valence-corrected chi connectivity index (χ4v) is 1.19. The van der Waals surface area contributed by atoms with E-state index < -0.39 is 6.10 Å². The van der Waals surface area contributed by atoms with Gasteiger partial charge in [-0.25, -0.2) is 0 Å². The molecule has 0 saturated heterocycles. The van der Waals surface area contributed by atoms with Crippen LogP contribution in [0.2, 0.25) is 0 Å². The molecule has 0 aliphatic carbocycles. The molecule has 0 spiro atoms. The first-order chi connectivity index (χ1) is 6.24. The van der Waals surface area contributed by atoms with Gasteiger partial charge in [-0.1, -0.05) is 0 Å². The number of rotatable bonds is 4. The molecule has 0 saturated carbocycles. The fraction of sp³-hybridized carbons (Fsp3) is 0.500. The predicted molar refractivity (Wildman–Crippen MR) is 49.9 cm³/mol. The Bertz CT molecular complexity index is 296. The van der Waals surface area contributed by atoms with E-state index in [1.54, 1.807) is 6.92 Å². The van der Waals surface area contributed by atoms with E-state index in [9.17, 15) is 5.11 Å². The second kappa shape index (κ2) is 4.68. The molecule has 0 aliphatic heterocycles. The molecule has 1 heterocycles. The highest BCUT2D eigenvalue weighted by molar-refractivity contribution is 5.12. The first-order valence-electron chi connectivity index (χ1n) is 4.44. The second-order valence-electron chi connectivity index (χ2n) is 3.12. The predicted octanol–water partition coefficient (Wildman–Crippen LogP) is 1.85. The molecule has 0 amide bonds. The van der Waals surface area contributed by atoms with Gasteiger partial charge >= 0.3 is 0 Å². The van der Waals surface area contributed by atoms with Crippen molar-refractivity contribution < 1.29 is 5.11 Å². The molecule has 1 aromatic rings. The summed E-state index contributed by atoms with van der Waals surface area (Å²) in [4.78, 5) is 0. The molecule has 0 aliphatic rings. The van der Waals surface area contributed by atoms with Crippen LogP contribution in [0.15, 0.2) is 18.5 Å². The van der Waals surface area contributed by atoms with Crippen molar-refractivity contribution in [2.24, 2.45) is 0 Å². The lowest BCUT2D eigenvalue weighted by Gasteiger charge is -2.00. The van der Waals surface area contributed by atoms with E-state index in [1.165, 1.54) is 0 Å². The van der Waals surface area contributed by atoms with Crippen molar-refractivity contribution in [3.8, 4) is 6.07 Å². The van der Waals surface area contributed by atoms with Crippen molar-refractivity contribution in [3.05, 3.63) is 24.0 Å². The van der Waals surface area contributed by atoms with Gasteiger partial charge in [0.2, 0.25) is 0 Å². The first kappa shape index (κ1) is 9.82.